The first-order chi connectivity index (χ1) is 9.52. The number of hydrogen-bond acceptors (Lipinski definition) is 3. The zero-order valence-electron chi connectivity index (χ0n) is 10.9. The van der Waals surface area contributed by atoms with Gasteiger partial charge in [0.05, 0.1) is 5.56 Å². The molecule has 2 N–H and O–H groups in total. The molecule has 0 unspecified atom stereocenters. The summed E-state index contributed by atoms with van der Waals surface area (Å²) in [5.41, 5.74) is 0.358. The second-order valence-electron chi connectivity index (χ2n) is 4.23. The Balaban J connectivity index is 2.41. The van der Waals surface area contributed by atoms with Gasteiger partial charge in [0.1, 0.15) is 17.3 Å². The Labute approximate surface area is 115 Å². The Bertz CT molecular complexity index is 643. The van der Waals surface area contributed by atoms with E-state index in [-0.39, 0.29) is 17.1 Å². The van der Waals surface area contributed by atoms with Crippen LogP contribution in [0.3, 0.4) is 0 Å². The molecular weight excluding hydrogens is 261 g/mol. The third kappa shape index (κ3) is 2.71. The number of amides is 1. The maximum absolute atomic E-state index is 13.2. The molecule has 0 radical (unpaired) electrons. The lowest BCUT2D eigenvalue weighted by Crippen LogP contribution is -2.30. The summed E-state index contributed by atoms with van der Waals surface area (Å²) in [6.45, 7) is 2.04. The molecule has 20 heavy (non-hydrogen) atoms. The molecule has 0 aliphatic rings. The van der Waals surface area contributed by atoms with Crippen molar-refractivity contribution in [3.8, 4) is 11.5 Å². The first-order valence-corrected chi connectivity index (χ1v) is 6.12. The minimum absolute atomic E-state index is 0.0314. The fraction of sp³-hybridized carbons (Fsp3) is 0.133. The van der Waals surface area contributed by atoms with Crippen molar-refractivity contribution >= 4 is 11.6 Å². The summed E-state index contributed by atoms with van der Waals surface area (Å²) in [7, 11) is 0. The van der Waals surface area contributed by atoms with Gasteiger partial charge in [0.2, 0.25) is 0 Å². The van der Waals surface area contributed by atoms with Crippen molar-refractivity contribution in [1.82, 2.24) is 0 Å². The Hall–Kier alpha value is -2.56. The van der Waals surface area contributed by atoms with Crippen LogP contribution in [0.1, 0.15) is 17.3 Å². The summed E-state index contributed by atoms with van der Waals surface area (Å²) >= 11 is 0. The number of carbonyl (C=O) groups is 1. The Morgan fingerprint density at radius 3 is 2.60 bits per heavy atom. The lowest BCUT2D eigenvalue weighted by molar-refractivity contribution is 0.0985. The largest absolute Gasteiger partial charge is 0.508 e. The van der Waals surface area contributed by atoms with Gasteiger partial charge in [-0.25, -0.2) is 4.39 Å². The van der Waals surface area contributed by atoms with Gasteiger partial charge in [-0.3, -0.25) is 4.79 Å². The molecule has 0 aromatic heterocycles. The quantitative estimate of drug-likeness (QED) is 0.847. The second kappa shape index (κ2) is 5.61. The lowest BCUT2D eigenvalue weighted by Gasteiger charge is -2.21. The van der Waals surface area contributed by atoms with E-state index in [1.807, 2.05) is 0 Å². The van der Waals surface area contributed by atoms with E-state index in [0.717, 1.165) is 0 Å². The van der Waals surface area contributed by atoms with Gasteiger partial charge in [0.15, 0.2) is 0 Å². The number of carbonyl (C=O) groups excluding carboxylic acids is 1. The van der Waals surface area contributed by atoms with Crippen LogP contribution in [0.25, 0.3) is 0 Å². The average Bonchev–Trinajstić information content (AvgIpc) is 2.42. The van der Waals surface area contributed by atoms with Crippen molar-refractivity contribution in [2.75, 3.05) is 11.4 Å². The molecule has 0 aliphatic heterocycles. The molecule has 0 bridgehead atoms. The number of hydrogen-bond donors (Lipinski definition) is 2. The van der Waals surface area contributed by atoms with Gasteiger partial charge < -0.3 is 15.1 Å². The molecule has 0 spiro atoms. The standard InChI is InChI=1S/C15H14FNO3/c1-2-17(11-5-3-4-10(16)8-11)15(20)13-9-12(18)6-7-14(13)19/h3-9,18-19H,2H2,1H3. The molecular formula is C15H14FNO3. The monoisotopic (exact) mass is 275 g/mol. The van der Waals surface area contributed by atoms with Crippen molar-refractivity contribution < 1.29 is 19.4 Å². The first-order valence-electron chi connectivity index (χ1n) is 6.12. The topological polar surface area (TPSA) is 60.8 Å². The van der Waals surface area contributed by atoms with Crippen molar-refractivity contribution in [2.24, 2.45) is 0 Å². The number of phenolic OH excluding ortho intramolecular Hbond substituents is 2. The van der Waals surface area contributed by atoms with E-state index >= 15 is 0 Å². The van der Waals surface area contributed by atoms with Gasteiger partial charge in [-0.15, -0.1) is 0 Å². The van der Waals surface area contributed by atoms with Crippen molar-refractivity contribution in [3.63, 3.8) is 0 Å². The minimum atomic E-state index is -0.508. The number of anilines is 1. The van der Waals surface area contributed by atoms with Crippen molar-refractivity contribution in [2.45, 2.75) is 6.92 Å². The fourth-order valence-corrected chi connectivity index (χ4v) is 1.93. The van der Waals surface area contributed by atoms with Crippen LogP contribution < -0.4 is 4.90 Å². The minimum Gasteiger partial charge on any atom is -0.508 e. The highest BCUT2D eigenvalue weighted by Crippen LogP contribution is 2.26. The maximum Gasteiger partial charge on any atom is 0.262 e. The third-order valence-corrected chi connectivity index (χ3v) is 2.89. The van der Waals surface area contributed by atoms with Crippen LogP contribution in [0.15, 0.2) is 42.5 Å². The highest BCUT2D eigenvalue weighted by molar-refractivity contribution is 6.08. The van der Waals surface area contributed by atoms with Crippen LogP contribution in [0, 0.1) is 5.82 Å². The normalized spacial score (nSPS) is 10.3. The highest BCUT2D eigenvalue weighted by Gasteiger charge is 2.20. The van der Waals surface area contributed by atoms with E-state index in [0.29, 0.717) is 12.2 Å². The van der Waals surface area contributed by atoms with E-state index in [1.54, 1.807) is 13.0 Å². The van der Waals surface area contributed by atoms with Gasteiger partial charge in [-0.05, 0) is 43.3 Å². The smallest absolute Gasteiger partial charge is 0.262 e. The molecule has 104 valence electrons. The SMILES string of the molecule is CCN(C(=O)c1cc(O)ccc1O)c1cccc(F)c1. The number of benzene rings is 2. The summed E-state index contributed by atoms with van der Waals surface area (Å²) in [6, 6.07) is 9.33. The Kier molecular flexibility index (Phi) is 3.89. The predicted molar refractivity (Wildman–Crippen MR) is 73.5 cm³/mol. The van der Waals surface area contributed by atoms with Gasteiger partial charge in [-0.1, -0.05) is 6.07 Å². The molecule has 0 saturated carbocycles. The zero-order chi connectivity index (χ0) is 14.7. The van der Waals surface area contributed by atoms with E-state index in [9.17, 15) is 19.4 Å². The van der Waals surface area contributed by atoms with Crippen LogP contribution in [0.5, 0.6) is 11.5 Å². The number of nitrogens with zero attached hydrogens (tertiary/aromatic N) is 1. The maximum atomic E-state index is 13.2. The van der Waals surface area contributed by atoms with Gasteiger partial charge in [-0.2, -0.15) is 0 Å². The molecule has 2 aromatic rings. The van der Waals surface area contributed by atoms with Crippen LogP contribution in [0.4, 0.5) is 10.1 Å². The Morgan fingerprint density at radius 2 is 1.95 bits per heavy atom. The van der Waals surface area contributed by atoms with Gasteiger partial charge in [0, 0.05) is 12.2 Å². The van der Waals surface area contributed by atoms with Crippen molar-refractivity contribution in [3.05, 3.63) is 53.8 Å². The summed E-state index contributed by atoms with van der Waals surface area (Å²) in [6.07, 6.45) is 0. The van der Waals surface area contributed by atoms with Crippen molar-refractivity contribution in [1.29, 1.82) is 0 Å². The molecule has 0 heterocycles. The summed E-state index contributed by atoms with van der Waals surface area (Å²) in [5, 5.41) is 19.1. The summed E-state index contributed by atoms with van der Waals surface area (Å²) in [4.78, 5) is 13.7. The molecule has 0 fully saturated rings. The average molecular weight is 275 g/mol. The number of halogens is 1. The summed E-state index contributed by atoms with van der Waals surface area (Å²) in [5.74, 6) is -1.32. The molecule has 2 rings (SSSR count). The molecule has 0 aliphatic carbocycles. The van der Waals surface area contributed by atoms with E-state index in [1.165, 1.54) is 41.3 Å². The molecule has 1 amide bonds. The number of rotatable bonds is 3. The summed E-state index contributed by atoms with van der Waals surface area (Å²) < 4.78 is 13.2. The third-order valence-electron chi connectivity index (χ3n) is 2.89. The fourth-order valence-electron chi connectivity index (χ4n) is 1.93. The Morgan fingerprint density at radius 1 is 1.20 bits per heavy atom. The van der Waals surface area contributed by atoms with E-state index < -0.39 is 11.7 Å². The van der Waals surface area contributed by atoms with E-state index in [2.05, 4.69) is 0 Å². The van der Waals surface area contributed by atoms with Crippen LogP contribution >= 0.6 is 0 Å². The predicted octanol–water partition coefficient (Wildman–Crippen LogP) is 2.90. The lowest BCUT2D eigenvalue weighted by atomic mass is 10.1. The zero-order valence-corrected chi connectivity index (χ0v) is 10.9. The second-order valence-corrected chi connectivity index (χ2v) is 4.23. The molecule has 4 nitrogen and oxygen atoms in total. The molecule has 0 atom stereocenters. The molecule has 2 aromatic carbocycles. The number of phenols is 2. The molecule has 5 heteroatoms. The van der Waals surface area contributed by atoms with Crippen LogP contribution in [-0.2, 0) is 0 Å². The van der Waals surface area contributed by atoms with Gasteiger partial charge >= 0.3 is 0 Å². The molecule has 0 saturated heterocycles. The highest BCUT2D eigenvalue weighted by atomic mass is 19.1. The first kappa shape index (κ1) is 13.9. The number of aromatic hydroxyl groups is 2. The van der Waals surface area contributed by atoms with Crippen LogP contribution in [0.2, 0.25) is 0 Å². The van der Waals surface area contributed by atoms with Crippen LogP contribution in [-0.4, -0.2) is 22.7 Å². The van der Waals surface area contributed by atoms with Gasteiger partial charge in [0.25, 0.3) is 5.91 Å². The van der Waals surface area contributed by atoms with E-state index in [4.69, 9.17) is 0 Å².